The molecular formula is C14H16BrN3O. The molecule has 0 amide bonds. The molecular weight excluding hydrogens is 306 g/mol. The van der Waals surface area contributed by atoms with E-state index >= 15 is 0 Å². The summed E-state index contributed by atoms with van der Waals surface area (Å²) in [4.78, 5) is 8.54. The molecule has 1 aromatic heterocycles. The fourth-order valence-corrected chi connectivity index (χ4v) is 1.80. The van der Waals surface area contributed by atoms with Crippen molar-refractivity contribution in [2.24, 2.45) is 0 Å². The minimum atomic E-state index is 0.512. The summed E-state index contributed by atoms with van der Waals surface area (Å²) in [6, 6.07) is 7.62. The van der Waals surface area contributed by atoms with E-state index in [2.05, 4.69) is 38.1 Å². The molecule has 0 aliphatic rings. The van der Waals surface area contributed by atoms with Gasteiger partial charge < -0.3 is 10.1 Å². The molecule has 0 spiro atoms. The smallest absolute Gasteiger partial charge is 0.238 e. The molecule has 2 rings (SSSR count). The van der Waals surface area contributed by atoms with Crippen LogP contribution in [0.3, 0.4) is 0 Å². The zero-order chi connectivity index (χ0) is 13.5. The van der Waals surface area contributed by atoms with Gasteiger partial charge in [0.25, 0.3) is 0 Å². The van der Waals surface area contributed by atoms with Crippen molar-refractivity contribution in [2.75, 3.05) is 6.54 Å². The van der Waals surface area contributed by atoms with E-state index in [4.69, 9.17) is 4.74 Å². The molecule has 0 aliphatic heterocycles. The standard InChI is InChI=1S/C14H16BrN3O/c1-2-7-16-8-12-9-17-10-14(18-12)19-13-5-3-11(15)4-6-13/h3-6,9-10,16H,2,7-8H2,1H3. The van der Waals surface area contributed by atoms with Crippen molar-refractivity contribution < 1.29 is 4.74 Å². The van der Waals surface area contributed by atoms with Gasteiger partial charge in [-0.15, -0.1) is 0 Å². The van der Waals surface area contributed by atoms with Crippen molar-refractivity contribution >= 4 is 15.9 Å². The van der Waals surface area contributed by atoms with Gasteiger partial charge in [-0.1, -0.05) is 22.9 Å². The molecule has 19 heavy (non-hydrogen) atoms. The van der Waals surface area contributed by atoms with Crippen molar-refractivity contribution in [3.05, 3.63) is 46.8 Å². The molecule has 4 nitrogen and oxygen atoms in total. The second-order valence-electron chi connectivity index (χ2n) is 4.08. The maximum absolute atomic E-state index is 5.66. The molecule has 0 fully saturated rings. The summed E-state index contributed by atoms with van der Waals surface area (Å²) in [7, 11) is 0. The van der Waals surface area contributed by atoms with Crippen LogP contribution in [0.4, 0.5) is 0 Å². The molecule has 1 N–H and O–H groups in total. The number of nitrogens with one attached hydrogen (secondary N) is 1. The van der Waals surface area contributed by atoms with Crippen LogP contribution in [-0.2, 0) is 6.54 Å². The third-order valence-corrected chi connectivity index (χ3v) is 2.96. The highest BCUT2D eigenvalue weighted by atomic mass is 79.9. The Bertz CT molecular complexity index is 516. The number of nitrogens with zero attached hydrogens (tertiary/aromatic N) is 2. The molecule has 0 saturated carbocycles. The van der Waals surface area contributed by atoms with Gasteiger partial charge in [-0.2, -0.15) is 0 Å². The Morgan fingerprint density at radius 1 is 1.21 bits per heavy atom. The maximum Gasteiger partial charge on any atom is 0.238 e. The molecule has 0 saturated heterocycles. The lowest BCUT2D eigenvalue weighted by Crippen LogP contribution is -2.15. The van der Waals surface area contributed by atoms with Gasteiger partial charge in [0.15, 0.2) is 0 Å². The number of ether oxygens (including phenoxy) is 1. The first-order valence-corrected chi connectivity index (χ1v) is 7.02. The fraction of sp³-hybridized carbons (Fsp3) is 0.286. The van der Waals surface area contributed by atoms with Crippen LogP contribution in [0.25, 0.3) is 0 Å². The van der Waals surface area contributed by atoms with Crippen LogP contribution in [0.5, 0.6) is 11.6 Å². The van der Waals surface area contributed by atoms with Crippen LogP contribution in [0.15, 0.2) is 41.1 Å². The van der Waals surface area contributed by atoms with Crippen LogP contribution in [0.1, 0.15) is 19.0 Å². The van der Waals surface area contributed by atoms with Crippen molar-refractivity contribution in [3.8, 4) is 11.6 Å². The Hall–Kier alpha value is -1.46. The van der Waals surface area contributed by atoms with E-state index in [-0.39, 0.29) is 0 Å². The van der Waals surface area contributed by atoms with Gasteiger partial charge in [0.1, 0.15) is 5.75 Å². The van der Waals surface area contributed by atoms with Crippen molar-refractivity contribution in [3.63, 3.8) is 0 Å². The summed E-state index contributed by atoms with van der Waals surface area (Å²) >= 11 is 3.39. The number of hydrogen-bond donors (Lipinski definition) is 1. The number of hydrogen-bond acceptors (Lipinski definition) is 4. The highest BCUT2D eigenvalue weighted by Gasteiger charge is 2.01. The van der Waals surface area contributed by atoms with Crippen LogP contribution in [-0.4, -0.2) is 16.5 Å². The normalized spacial score (nSPS) is 10.4. The summed E-state index contributed by atoms with van der Waals surface area (Å²) in [5.41, 5.74) is 0.878. The minimum absolute atomic E-state index is 0.512. The molecule has 0 atom stereocenters. The van der Waals surface area contributed by atoms with E-state index in [0.29, 0.717) is 12.4 Å². The summed E-state index contributed by atoms with van der Waals surface area (Å²) in [6.07, 6.45) is 4.46. The number of rotatable bonds is 6. The van der Waals surface area contributed by atoms with Crippen LogP contribution in [0.2, 0.25) is 0 Å². The highest BCUT2D eigenvalue weighted by molar-refractivity contribution is 9.10. The summed E-state index contributed by atoms with van der Waals surface area (Å²) in [5, 5.41) is 3.29. The second-order valence-corrected chi connectivity index (χ2v) is 5.00. The lowest BCUT2D eigenvalue weighted by Gasteiger charge is -2.06. The maximum atomic E-state index is 5.66. The average Bonchev–Trinajstić information content (AvgIpc) is 2.42. The highest BCUT2D eigenvalue weighted by Crippen LogP contribution is 2.21. The predicted molar refractivity (Wildman–Crippen MR) is 78.2 cm³/mol. The average molecular weight is 322 g/mol. The van der Waals surface area contributed by atoms with Crippen LogP contribution in [0, 0.1) is 0 Å². The Kier molecular flexibility index (Phi) is 5.30. The van der Waals surface area contributed by atoms with E-state index in [9.17, 15) is 0 Å². The van der Waals surface area contributed by atoms with Gasteiger partial charge in [-0.05, 0) is 37.2 Å². The Morgan fingerprint density at radius 3 is 2.74 bits per heavy atom. The van der Waals surface area contributed by atoms with Crippen LogP contribution < -0.4 is 10.1 Å². The van der Waals surface area contributed by atoms with Crippen LogP contribution >= 0.6 is 15.9 Å². The largest absolute Gasteiger partial charge is 0.437 e. The first kappa shape index (κ1) is 14.0. The number of aromatic nitrogens is 2. The topological polar surface area (TPSA) is 47.0 Å². The monoisotopic (exact) mass is 321 g/mol. The molecule has 1 aromatic carbocycles. The summed E-state index contributed by atoms with van der Waals surface area (Å²) in [5.74, 6) is 1.26. The van der Waals surface area contributed by atoms with Gasteiger partial charge in [-0.3, -0.25) is 4.98 Å². The van der Waals surface area contributed by atoms with Gasteiger partial charge in [-0.25, -0.2) is 4.98 Å². The number of benzene rings is 1. The van der Waals surface area contributed by atoms with E-state index in [1.54, 1.807) is 12.4 Å². The Morgan fingerprint density at radius 2 is 2.00 bits per heavy atom. The van der Waals surface area contributed by atoms with E-state index in [0.717, 1.165) is 28.9 Å². The van der Waals surface area contributed by atoms with Crippen molar-refractivity contribution in [1.82, 2.24) is 15.3 Å². The van der Waals surface area contributed by atoms with Crippen molar-refractivity contribution in [1.29, 1.82) is 0 Å². The molecule has 2 aromatic rings. The first-order chi connectivity index (χ1) is 9.28. The third kappa shape index (κ3) is 4.61. The first-order valence-electron chi connectivity index (χ1n) is 6.23. The lowest BCUT2D eigenvalue weighted by atomic mass is 10.3. The van der Waals surface area contributed by atoms with E-state index < -0.39 is 0 Å². The van der Waals surface area contributed by atoms with Gasteiger partial charge in [0, 0.05) is 17.2 Å². The summed E-state index contributed by atoms with van der Waals surface area (Å²) in [6.45, 7) is 3.81. The minimum Gasteiger partial charge on any atom is -0.437 e. The second kappa shape index (κ2) is 7.21. The molecule has 0 aliphatic carbocycles. The summed E-state index contributed by atoms with van der Waals surface area (Å²) < 4.78 is 6.68. The van der Waals surface area contributed by atoms with Gasteiger partial charge >= 0.3 is 0 Å². The Balaban J connectivity index is 2.00. The van der Waals surface area contributed by atoms with E-state index in [1.165, 1.54) is 0 Å². The third-order valence-electron chi connectivity index (χ3n) is 2.43. The SMILES string of the molecule is CCCNCc1cncc(Oc2ccc(Br)cc2)n1. The number of halogens is 1. The zero-order valence-electron chi connectivity index (χ0n) is 10.8. The predicted octanol–water partition coefficient (Wildman–Crippen LogP) is 3.53. The fourth-order valence-electron chi connectivity index (χ4n) is 1.54. The molecule has 100 valence electrons. The van der Waals surface area contributed by atoms with Gasteiger partial charge in [0.05, 0.1) is 11.9 Å². The Labute approximate surface area is 121 Å². The molecule has 0 bridgehead atoms. The molecule has 5 heteroatoms. The zero-order valence-corrected chi connectivity index (χ0v) is 12.4. The molecule has 0 unspecified atom stereocenters. The lowest BCUT2D eigenvalue weighted by molar-refractivity contribution is 0.456. The van der Waals surface area contributed by atoms with E-state index in [1.807, 2.05) is 24.3 Å². The van der Waals surface area contributed by atoms with Crippen molar-refractivity contribution in [2.45, 2.75) is 19.9 Å². The molecule has 1 heterocycles. The quantitative estimate of drug-likeness (QED) is 0.827. The van der Waals surface area contributed by atoms with Gasteiger partial charge in [0.2, 0.25) is 5.88 Å². The molecule has 0 radical (unpaired) electrons.